The number of amides is 1. The molecule has 2 saturated heterocycles. The lowest BCUT2D eigenvalue weighted by atomic mass is 9.96. The van der Waals surface area contributed by atoms with Gasteiger partial charge in [-0.05, 0) is 49.5 Å². The molecule has 0 aromatic heterocycles. The Morgan fingerprint density at radius 1 is 1.26 bits per heavy atom. The Balaban J connectivity index is 0.00000182. The van der Waals surface area contributed by atoms with Gasteiger partial charge in [0.25, 0.3) is 0 Å². The molecule has 154 valence electrons. The Kier molecular flexibility index (Phi) is 11.0. The van der Waals surface area contributed by atoms with Gasteiger partial charge in [-0.25, -0.2) is 0 Å². The number of morpholine rings is 1. The van der Waals surface area contributed by atoms with Gasteiger partial charge in [0.1, 0.15) is 11.8 Å². The van der Waals surface area contributed by atoms with Gasteiger partial charge >= 0.3 is 0 Å². The van der Waals surface area contributed by atoms with Crippen molar-refractivity contribution in [2.24, 2.45) is 5.92 Å². The van der Waals surface area contributed by atoms with Gasteiger partial charge < -0.3 is 20.1 Å². The van der Waals surface area contributed by atoms with Crippen molar-refractivity contribution >= 4 is 30.7 Å². The number of hydrogen-bond acceptors (Lipinski definition) is 5. The van der Waals surface area contributed by atoms with Crippen molar-refractivity contribution in [1.82, 2.24) is 15.5 Å². The molecule has 0 radical (unpaired) electrons. The Hall–Kier alpha value is -1.05. The monoisotopic (exact) mass is 419 g/mol. The molecule has 2 heterocycles. The van der Waals surface area contributed by atoms with E-state index in [0.29, 0.717) is 19.1 Å². The third-order valence-electron chi connectivity index (χ3n) is 5.08. The van der Waals surface area contributed by atoms with Gasteiger partial charge in [-0.1, -0.05) is 12.1 Å². The molecule has 1 unspecified atom stereocenters. The second-order valence-electron chi connectivity index (χ2n) is 6.89. The first kappa shape index (κ1) is 24.0. The van der Waals surface area contributed by atoms with Gasteiger partial charge in [0.15, 0.2) is 0 Å². The van der Waals surface area contributed by atoms with Crippen LogP contribution in [-0.2, 0) is 16.1 Å². The zero-order valence-electron chi connectivity index (χ0n) is 15.8. The highest BCUT2D eigenvalue weighted by molar-refractivity contribution is 5.85. The van der Waals surface area contributed by atoms with Crippen LogP contribution in [-0.4, -0.2) is 63.4 Å². The summed E-state index contributed by atoms with van der Waals surface area (Å²) in [5, 5.41) is 6.28. The second kappa shape index (κ2) is 12.4. The van der Waals surface area contributed by atoms with Crippen molar-refractivity contribution in [1.29, 1.82) is 0 Å². The molecule has 1 aromatic carbocycles. The van der Waals surface area contributed by atoms with Crippen molar-refractivity contribution in [2.75, 3.05) is 46.5 Å². The third-order valence-corrected chi connectivity index (χ3v) is 5.08. The van der Waals surface area contributed by atoms with E-state index in [9.17, 15) is 4.79 Å². The average molecular weight is 420 g/mol. The Morgan fingerprint density at radius 3 is 2.56 bits per heavy atom. The zero-order chi connectivity index (χ0) is 17.5. The van der Waals surface area contributed by atoms with E-state index >= 15 is 0 Å². The van der Waals surface area contributed by atoms with Crippen LogP contribution in [0.5, 0.6) is 5.75 Å². The molecule has 27 heavy (non-hydrogen) atoms. The van der Waals surface area contributed by atoms with E-state index in [1.54, 1.807) is 7.11 Å². The van der Waals surface area contributed by atoms with Crippen LogP contribution in [0.15, 0.2) is 24.3 Å². The number of benzene rings is 1. The van der Waals surface area contributed by atoms with E-state index in [1.807, 2.05) is 12.1 Å². The first-order valence-electron chi connectivity index (χ1n) is 9.18. The highest BCUT2D eigenvalue weighted by Crippen LogP contribution is 2.19. The summed E-state index contributed by atoms with van der Waals surface area (Å²) >= 11 is 0. The van der Waals surface area contributed by atoms with Crippen LogP contribution in [0.25, 0.3) is 0 Å². The summed E-state index contributed by atoms with van der Waals surface area (Å²) in [6.45, 7) is 5.83. The second-order valence-corrected chi connectivity index (χ2v) is 6.89. The van der Waals surface area contributed by atoms with Crippen molar-refractivity contribution in [3.63, 3.8) is 0 Å². The normalized spacial score (nSPS) is 20.9. The molecule has 0 saturated carbocycles. The molecule has 1 aromatic rings. The Morgan fingerprint density at radius 2 is 1.96 bits per heavy atom. The summed E-state index contributed by atoms with van der Waals surface area (Å²) in [5.74, 6) is 1.54. The molecule has 0 aliphatic carbocycles. The molecular weight excluding hydrogens is 389 g/mol. The van der Waals surface area contributed by atoms with Gasteiger partial charge in [0.2, 0.25) is 5.91 Å². The fourth-order valence-electron chi connectivity index (χ4n) is 3.44. The molecule has 2 fully saturated rings. The Labute approximate surface area is 174 Å². The molecule has 1 atom stereocenters. The molecule has 0 spiro atoms. The number of carbonyl (C=O) groups excluding carboxylic acids is 1. The minimum absolute atomic E-state index is 0. The summed E-state index contributed by atoms with van der Waals surface area (Å²) in [4.78, 5) is 14.6. The van der Waals surface area contributed by atoms with Gasteiger partial charge in [0.05, 0.1) is 20.3 Å². The van der Waals surface area contributed by atoms with Gasteiger partial charge in [-0.2, -0.15) is 0 Å². The number of halogens is 2. The van der Waals surface area contributed by atoms with Crippen molar-refractivity contribution in [3.05, 3.63) is 29.8 Å². The largest absolute Gasteiger partial charge is 0.497 e. The standard InChI is InChI=1S/C19H29N3O3.2ClH/c1-24-17-4-2-16(3-5-17)13-22-9-6-15(7-10-22)12-21-19(23)18-14-25-11-8-20-18;;/h2-5,15,18,20H,6-14H2,1H3,(H,21,23);2*1H. The van der Waals surface area contributed by atoms with E-state index < -0.39 is 0 Å². The third kappa shape index (κ3) is 7.47. The highest BCUT2D eigenvalue weighted by atomic mass is 35.5. The minimum Gasteiger partial charge on any atom is -0.497 e. The molecule has 2 aliphatic rings. The SMILES string of the molecule is COc1ccc(CN2CCC(CNC(=O)C3COCCN3)CC2)cc1.Cl.Cl. The maximum atomic E-state index is 12.1. The van der Waals surface area contributed by atoms with Gasteiger partial charge in [0, 0.05) is 19.6 Å². The van der Waals surface area contributed by atoms with Gasteiger partial charge in [-0.3, -0.25) is 9.69 Å². The maximum absolute atomic E-state index is 12.1. The minimum atomic E-state index is -0.191. The van der Waals surface area contributed by atoms with Crippen LogP contribution < -0.4 is 15.4 Å². The molecule has 2 N–H and O–H groups in total. The highest BCUT2D eigenvalue weighted by Gasteiger charge is 2.23. The summed E-state index contributed by atoms with van der Waals surface area (Å²) in [5.41, 5.74) is 1.32. The molecule has 6 nitrogen and oxygen atoms in total. The molecular formula is C19H31Cl2N3O3. The maximum Gasteiger partial charge on any atom is 0.239 e. The molecule has 1 amide bonds. The summed E-state index contributed by atoms with van der Waals surface area (Å²) in [6.07, 6.45) is 2.26. The predicted molar refractivity (Wildman–Crippen MR) is 111 cm³/mol. The average Bonchev–Trinajstić information content (AvgIpc) is 2.68. The first-order chi connectivity index (χ1) is 12.2. The van der Waals surface area contributed by atoms with Crippen LogP contribution in [0.2, 0.25) is 0 Å². The van der Waals surface area contributed by atoms with Crippen LogP contribution in [0, 0.1) is 5.92 Å². The van der Waals surface area contributed by atoms with E-state index in [2.05, 4.69) is 27.7 Å². The fraction of sp³-hybridized carbons (Fsp3) is 0.632. The number of methoxy groups -OCH3 is 1. The smallest absolute Gasteiger partial charge is 0.239 e. The number of likely N-dealkylation sites (tertiary alicyclic amines) is 1. The lowest BCUT2D eigenvalue weighted by Gasteiger charge is -2.32. The van der Waals surface area contributed by atoms with E-state index in [4.69, 9.17) is 9.47 Å². The number of carbonyl (C=O) groups is 1. The van der Waals surface area contributed by atoms with Crippen molar-refractivity contribution in [2.45, 2.75) is 25.4 Å². The molecule has 0 bridgehead atoms. The zero-order valence-corrected chi connectivity index (χ0v) is 17.4. The lowest BCUT2D eigenvalue weighted by molar-refractivity contribution is -0.126. The summed E-state index contributed by atoms with van der Waals surface area (Å²) < 4.78 is 10.5. The first-order valence-corrected chi connectivity index (χ1v) is 9.18. The van der Waals surface area contributed by atoms with Crippen LogP contribution in [0.1, 0.15) is 18.4 Å². The quantitative estimate of drug-likeness (QED) is 0.736. The van der Waals surface area contributed by atoms with E-state index in [-0.39, 0.29) is 36.8 Å². The lowest BCUT2D eigenvalue weighted by Crippen LogP contribution is -2.52. The number of nitrogens with one attached hydrogen (secondary N) is 2. The van der Waals surface area contributed by atoms with E-state index in [1.165, 1.54) is 5.56 Å². The van der Waals surface area contributed by atoms with Crippen LogP contribution >= 0.6 is 24.8 Å². The number of rotatable bonds is 6. The number of hydrogen-bond donors (Lipinski definition) is 2. The van der Waals surface area contributed by atoms with E-state index in [0.717, 1.165) is 51.3 Å². The van der Waals surface area contributed by atoms with Crippen molar-refractivity contribution in [3.8, 4) is 5.75 Å². The van der Waals surface area contributed by atoms with Crippen molar-refractivity contribution < 1.29 is 14.3 Å². The topological polar surface area (TPSA) is 62.8 Å². The molecule has 2 aliphatic heterocycles. The summed E-state index contributed by atoms with van der Waals surface area (Å²) in [7, 11) is 1.69. The number of nitrogens with zero attached hydrogens (tertiary/aromatic N) is 1. The summed E-state index contributed by atoms with van der Waals surface area (Å²) in [6, 6.07) is 8.10. The molecule has 3 rings (SSSR count). The Bertz CT molecular complexity index is 546. The number of ether oxygens (including phenoxy) is 2. The van der Waals surface area contributed by atoms with Crippen LogP contribution in [0.4, 0.5) is 0 Å². The van der Waals surface area contributed by atoms with Gasteiger partial charge in [-0.15, -0.1) is 24.8 Å². The predicted octanol–water partition coefficient (Wildman–Crippen LogP) is 1.86. The fourth-order valence-corrected chi connectivity index (χ4v) is 3.44. The van der Waals surface area contributed by atoms with Crippen LogP contribution in [0.3, 0.4) is 0 Å². The molecule has 8 heteroatoms. The number of piperidine rings is 1.